The number of benzene rings is 2. The molecule has 3 rings (SSSR count). The minimum atomic E-state index is -0.357. The number of carbonyl (C=O) groups excluding carboxylic acids is 2. The highest BCUT2D eigenvalue weighted by Crippen LogP contribution is 2.27. The van der Waals surface area contributed by atoms with Gasteiger partial charge in [-0.25, -0.2) is 0 Å². The third-order valence-electron chi connectivity index (χ3n) is 4.24. The number of rotatable bonds is 5. The van der Waals surface area contributed by atoms with Gasteiger partial charge in [0.15, 0.2) is 0 Å². The second-order valence-corrected chi connectivity index (χ2v) is 6.39. The average molecular weight is 359 g/mol. The molecule has 2 aromatic carbocycles. The quantitative estimate of drug-likeness (QED) is 0.893. The van der Waals surface area contributed by atoms with Gasteiger partial charge in [-0.05, 0) is 35.9 Å². The Morgan fingerprint density at radius 2 is 2.04 bits per heavy atom. The fraction of sp³-hybridized carbons (Fsp3) is 0.263. The van der Waals surface area contributed by atoms with Gasteiger partial charge in [-0.2, -0.15) is 0 Å². The van der Waals surface area contributed by atoms with E-state index in [4.69, 9.17) is 16.3 Å². The molecule has 1 aliphatic heterocycles. The van der Waals surface area contributed by atoms with Crippen LogP contribution in [0.15, 0.2) is 48.5 Å². The number of amides is 2. The summed E-state index contributed by atoms with van der Waals surface area (Å²) in [5.41, 5.74) is 1.70. The lowest BCUT2D eigenvalue weighted by atomic mass is 10.1. The van der Waals surface area contributed by atoms with Gasteiger partial charge in [0.1, 0.15) is 5.75 Å². The van der Waals surface area contributed by atoms with Gasteiger partial charge in [-0.3, -0.25) is 9.59 Å². The third-order valence-corrected chi connectivity index (χ3v) is 4.48. The highest BCUT2D eigenvalue weighted by atomic mass is 35.5. The minimum Gasteiger partial charge on any atom is -0.497 e. The van der Waals surface area contributed by atoms with E-state index in [1.807, 2.05) is 30.3 Å². The van der Waals surface area contributed by atoms with Crippen LogP contribution in [0, 0.1) is 5.92 Å². The molecule has 0 bridgehead atoms. The Bertz CT molecular complexity index is 776. The zero-order valence-corrected chi connectivity index (χ0v) is 14.6. The van der Waals surface area contributed by atoms with Crippen molar-refractivity contribution in [3.05, 3.63) is 59.1 Å². The third kappa shape index (κ3) is 4.12. The van der Waals surface area contributed by atoms with Crippen molar-refractivity contribution >= 4 is 29.1 Å². The lowest BCUT2D eigenvalue weighted by Crippen LogP contribution is -2.32. The lowest BCUT2D eigenvalue weighted by Gasteiger charge is -2.17. The average Bonchev–Trinajstić information content (AvgIpc) is 3.02. The van der Waals surface area contributed by atoms with E-state index in [0.717, 1.165) is 17.0 Å². The van der Waals surface area contributed by atoms with E-state index >= 15 is 0 Å². The van der Waals surface area contributed by atoms with Gasteiger partial charge in [0.05, 0.1) is 13.0 Å². The summed E-state index contributed by atoms with van der Waals surface area (Å²) in [6.07, 6.45) is 0.209. The van der Waals surface area contributed by atoms with Crippen LogP contribution < -0.4 is 15.0 Å². The Morgan fingerprint density at radius 1 is 1.28 bits per heavy atom. The smallest absolute Gasteiger partial charge is 0.227 e. The van der Waals surface area contributed by atoms with Crippen molar-refractivity contribution in [1.29, 1.82) is 0 Å². The molecule has 1 fully saturated rings. The summed E-state index contributed by atoms with van der Waals surface area (Å²) >= 11 is 5.98. The van der Waals surface area contributed by atoms with Crippen molar-refractivity contribution in [3.63, 3.8) is 0 Å². The summed E-state index contributed by atoms with van der Waals surface area (Å²) in [4.78, 5) is 26.2. The van der Waals surface area contributed by atoms with E-state index in [-0.39, 0.29) is 24.2 Å². The van der Waals surface area contributed by atoms with Crippen LogP contribution in [0.1, 0.15) is 12.0 Å². The minimum absolute atomic E-state index is 0.0631. The van der Waals surface area contributed by atoms with Gasteiger partial charge < -0.3 is 15.0 Å². The fourth-order valence-electron chi connectivity index (χ4n) is 2.85. The largest absolute Gasteiger partial charge is 0.497 e. The van der Waals surface area contributed by atoms with Crippen LogP contribution in [0.2, 0.25) is 5.02 Å². The maximum absolute atomic E-state index is 12.4. The first-order valence-corrected chi connectivity index (χ1v) is 8.41. The Kier molecular flexibility index (Phi) is 5.24. The standard InChI is InChI=1S/C19H19ClN2O3/c1-25-17-7-5-13(6-8-17)11-21-19(24)14-9-18(23)22(12-14)16-4-2-3-15(20)10-16/h2-8,10,14H,9,11-12H2,1H3,(H,21,24). The zero-order chi connectivity index (χ0) is 17.8. The number of nitrogens with zero attached hydrogens (tertiary/aromatic N) is 1. The van der Waals surface area contributed by atoms with E-state index in [1.54, 1.807) is 30.2 Å². The fourth-order valence-corrected chi connectivity index (χ4v) is 3.04. The zero-order valence-electron chi connectivity index (χ0n) is 13.9. The van der Waals surface area contributed by atoms with Gasteiger partial charge in [0.2, 0.25) is 11.8 Å². The highest BCUT2D eigenvalue weighted by Gasteiger charge is 2.35. The summed E-state index contributed by atoms with van der Waals surface area (Å²) < 4.78 is 5.11. The van der Waals surface area contributed by atoms with Crippen molar-refractivity contribution in [2.75, 3.05) is 18.6 Å². The molecule has 0 radical (unpaired) electrons. The molecular weight excluding hydrogens is 340 g/mol. The van der Waals surface area contributed by atoms with E-state index < -0.39 is 0 Å². The van der Waals surface area contributed by atoms with Crippen molar-refractivity contribution in [1.82, 2.24) is 5.32 Å². The molecule has 0 spiro atoms. The number of hydrogen-bond acceptors (Lipinski definition) is 3. The van der Waals surface area contributed by atoms with E-state index in [1.165, 1.54) is 0 Å². The molecule has 0 aliphatic carbocycles. The number of carbonyl (C=O) groups is 2. The Labute approximate surface area is 151 Å². The summed E-state index contributed by atoms with van der Waals surface area (Å²) in [6.45, 7) is 0.790. The molecular formula is C19H19ClN2O3. The number of ether oxygens (including phenoxy) is 1. The SMILES string of the molecule is COc1ccc(CNC(=O)C2CC(=O)N(c3cccc(Cl)c3)C2)cc1. The van der Waals surface area contributed by atoms with Crippen LogP contribution in [-0.4, -0.2) is 25.5 Å². The molecule has 1 N–H and O–H groups in total. The second-order valence-electron chi connectivity index (χ2n) is 5.95. The monoisotopic (exact) mass is 358 g/mol. The van der Waals surface area contributed by atoms with Crippen LogP contribution in [0.25, 0.3) is 0 Å². The molecule has 130 valence electrons. The van der Waals surface area contributed by atoms with Crippen LogP contribution in [0.4, 0.5) is 5.69 Å². The van der Waals surface area contributed by atoms with Crippen LogP contribution in [0.5, 0.6) is 5.75 Å². The van der Waals surface area contributed by atoms with Gasteiger partial charge in [0, 0.05) is 30.2 Å². The van der Waals surface area contributed by atoms with Gasteiger partial charge in [-0.1, -0.05) is 29.8 Å². The van der Waals surface area contributed by atoms with E-state index in [9.17, 15) is 9.59 Å². The second kappa shape index (κ2) is 7.57. The summed E-state index contributed by atoms with van der Waals surface area (Å²) in [6, 6.07) is 14.6. The van der Waals surface area contributed by atoms with E-state index in [2.05, 4.69) is 5.32 Å². The molecule has 2 amide bonds. The molecule has 6 heteroatoms. The Balaban J connectivity index is 1.58. The Morgan fingerprint density at radius 3 is 2.72 bits per heavy atom. The number of anilines is 1. The predicted octanol–water partition coefficient (Wildman–Crippen LogP) is 3.02. The van der Waals surface area contributed by atoms with Crippen LogP contribution in [-0.2, 0) is 16.1 Å². The van der Waals surface area contributed by atoms with Crippen molar-refractivity contribution < 1.29 is 14.3 Å². The number of halogens is 1. The first-order valence-electron chi connectivity index (χ1n) is 8.03. The molecule has 5 nitrogen and oxygen atoms in total. The van der Waals surface area contributed by atoms with Crippen molar-refractivity contribution in [2.45, 2.75) is 13.0 Å². The molecule has 1 atom stereocenters. The summed E-state index contributed by atoms with van der Waals surface area (Å²) in [7, 11) is 1.61. The maximum atomic E-state index is 12.4. The molecule has 1 aliphatic rings. The van der Waals surface area contributed by atoms with Crippen molar-refractivity contribution in [3.8, 4) is 5.75 Å². The van der Waals surface area contributed by atoms with Crippen LogP contribution >= 0.6 is 11.6 Å². The topological polar surface area (TPSA) is 58.6 Å². The first-order chi connectivity index (χ1) is 12.1. The highest BCUT2D eigenvalue weighted by molar-refractivity contribution is 6.30. The number of methoxy groups -OCH3 is 1. The Hall–Kier alpha value is -2.53. The molecule has 0 aromatic heterocycles. The summed E-state index contributed by atoms with van der Waals surface area (Å²) in [5.74, 6) is 0.235. The number of hydrogen-bond donors (Lipinski definition) is 1. The van der Waals surface area contributed by atoms with Gasteiger partial charge >= 0.3 is 0 Å². The molecule has 1 saturated heterocycles. The molecule has 1 heterocycles. The maximum Gasteiger partial charge on any atom is 0.227 e. The molecule has 0 saturated carbocycles. The van der Waals surface area contributed by atoms with Gasteiger partial charge in [0.25, 0.3) is 0 Å². The summed E-state index contributed by atoms with van der Waals surface area (Å²) in [5, 5.41) is 3.46. The van der Waals surface area contributed by atoms with Crippen molar-refractivity contribution in [2.24, 2.45) is 5.92 Å². The normalized spacial score (nSPS) is 16.8. The van der Waals surface area contributed by atoms with Crippen LogP contribution in [0.3, 0.4) is 0 Å². The molecule has 25 heavy (non-hydrogen) atoms. The molecule has 1 unspecified atom stereocenters. The van der Waals surface area contributed by atoms with E-state index in [0.29, 0.717) is 18.1 Å². The lowest BCUT2D eigenvalue weighted by molar-refractivity contribution is -0.126. The predicted molar refractivity (Wildman–Crippen MR) is 96.8 cm³/mol. The first kappa shape index (κ1) is 17.3. The number of nitrogens with one attached hydrogen (secondary N) is 1. The van der Waals surface area contributed by atoms with Gasteiger partial charge in [-0.15, -0.1) is 0 Å². The molecule has 2 aromatic rings.